The zero-order valence-electron chi connectivity index (χ0n) is 9.75. The van der Waals surface area contributed by atoms with Gasteiger partial charge in [-0.3, -0.25) is 0 Å². The monoisotopic (exact) mass is 237 g/mol. The van der Waals surface area contributed by atoms with Crippen LogP contribution in [0.15, 0.2) is 0 Å². The summed E-state index contributed by atoms with van der Waals surface area (Å²) >= 11 is 1.55. The summed E-state index contributed by atoms with van der Waals surface area (Å²) in [6, 6.07) is 0. The second-order valence-corrected chi connectivity index (χ2v) is 5.97. The fraction of sp³-hybridized carbons (Fsp3) is 0.750. The Labute approximate surface area is 101 Å². The molecule has 0 amide bonds. The lowest BCUT2D eigenvalue weighted by molar-refractivity contribution is 0.270. The van der Waals surface area contributed by atoms with Gasteiger partial charge in [-0.2, -0.15) is 4.37 Å². The first-order valence-corrected chi connectivity index (χ1v) is 7.05. The molecule has 0 saturated heterocycles. The normalized spacial score (nSPS) is 22.8. The maximum atomic E-state index is 5.96. The van der Waals surface area contributed by atoms with Crippen molar-refractivity contribution in [3.05, 3.63) is 5.56 Å². The molecule has 0 spiro atoms. The molecule has 88 valence electrons. The quantitative estimate of drug-likeness (QED) is 0.844. The van der Waals surface area contributed by atoms with Crippen LogP contribution in [0, 0.1) is 0 Å². The number of rotatable bonds is 4. The van der Waals surface area contributed by atoms with Crippen LogP contribution < -0.4 is 11.1 Å². The van der Waals surface area contributed by atoms with Crippen molar-refractivity contribution in [1.29, 1.82) is 0 Å². The molecular formula is C12H19N3S. The summed E-state index contributed by atoms with van der Waals surface area (Å²) < 4.78 is 4.31. The van der Waals surface area contributed by atoms with E-state index in [1.54, 1.807) is 11.5 Å². The van der Waals surface area contributed by atoms with Gasteiger partial charge < -0.3 is 11.1 Å². The Bertz CT molecular complexity index is 385. The molecule has 3 N–H and O–H groups in total. The predicted molar refractivity (Wildman–Crippen MR) is 69.0 cm³/mol. The minimum atomic E-state index is 0.350. The molecule has 0 atom stereocenters. The standard InChI is InChI=1S/C12H19N3S/c1-2-12(6-3-7-12)14-11-9(8-4-5-8)10(13)15-16-11/h8,14H,2-7H2,1H3,(H2,13,15). The van der Waals surface area contributed by atoms with Gasteiger partial charge in [0.05, 0.1) is 0 Å². The highest BCUT2D eigenvalue weighted by molar-refractivity contribution is 7.10. The second-order valence-electron chi connectivity index (χ2n) is 5.20. The molecule has 0 aromatic carbocycles. The third kappa shape index (κ3) is 1.59. The highest BCUT2D eigenvalue weighted by Crippen LogP contribution is 2.49. The van der Waals surface area contributed by atoms with Gasteiger partial charge in [0, 0.05) is 11.1 Å². The maximum Gasteiger partial charge on any atom is 0.142 e. The SMILES string of the molecule is CCC1(Nc2snc(N)c2C2CC2)CCC1. The van der Waals surface area contributed by atoms with Crippen molar-refractivity contribution in [2.75, 3.05) is 11.1 Å². The van der Waals surface area contributed by atoms with Gasteiger partial charge in [0.2, 0.25) is 0 Å². The molecule has 0 bridgehead atoms. The fourth-order valence-corrected chi connectivity index (χ4v) is 3.50. The average Bonchev–Trinajstić information content (AvgIpc) is 2.98. The minimum Gasteiger partial charge on any atom is -0.383 e. The topological polar surface area (TPSA) is 50.9 Å². The summed E-state index contributed by atoms with van der Waals surface area (Å²) in [4.78, 5) is 0. The first kappa shape index (κ1) is 10.4. The summed E-state index contributed by atoms with van der Waals surface area (Å²) in [5.41, 5.74) is 7.62. The largest absolute Gasteiger partial charge is 0.383 e. The van der Waals surface area contributed by atoms with Crippen molar-refractivity contribution < 1.29 is 0 Å². The van der Waals surface area contributed by atoms with Gasteiger partial charge in [-0.15, -0.1) is 0 Å². The molecule has 2 saturated carbocycles. The average molecular weight is 237 g/mol. The van der Waals surface area contributed by atoms with E-state index < -0.39 is 0 Å². The number of hydrogen-bond donors (Lipinski definition) is 2. The van der Waals surface area contributed by atoms with E-state index >= 15 is 0 Å². The number of aromatic nitrogens is 1. The molecule has 1 heterocycles. The predicted octanol–water partition coefficient (Wildman–Crippen LogP) is 3.35. The van der Waals surface area contributed by atoms with Gasteiger partial charge >= 0.3 is 0 Å². The molecule has 16 heavy (non-hydrogen) atoms. The van der Waals surface area contributed by atoms with Crippen molar-refractivity contribution in [3.8, 4) is 0 Å². The Morgan fingerprint density at radius 3 is 2.75 bits per heavy atom. The molecule has 3 nitrogen and oxygen atoms in total. The molecule has 3 rings (SSSR count). The highest BCUT2D eigenvalue weighted by atomic mass is 32.1. The lowest BCUT2D eigenvalue weighted by atomic mass is 9.75. The van der Waals surface area contributed by atoms with Gasteiger partial charge in [0.25, 0.3) is 0 Å². The highest BCUT2D eigenvalue weighted by Gasteiger charge is 2.38. The van der Waals surface area contributed by atoms with Crippen LogP contribution in [0.5, 0.6) is 0 Å². The summed E-state index contributed by atoms with van der Waals surface area (Å²) in [7, 11) is 0. The van der Waals surface area contributed by atoms with Crippen LogP contribution in [0.2, 0.25) is 0 Å². The fourth-order valence-electron chi connectivity index (χ4n) is 2.58. The summed E-state index contributed by atoms with van der Waals surface area (Å²) in [6.07, 6.45) is 7.73. The molecule has 2 fully saturated rings. The van der Waals surface area contributed by atoms with E-state index in [0.29, 0.717) is 11.5 Å². The Morgan fingerprint density at radius 1 is 1.50 bits per heavy atom. The maximum absolute atomic E-state index is 5.96. The van der Waals surface area contributed by atoms with E-state index in [1.165, 1.54) is 49.1 Å². The van der Waals surface area contributed by atoms with Crippen LogP contribution in [0.25, 0.3) is 0 Å². The van der Waals surface area contributed by atoms with Crippen LogP contribution in [-0.2, 0) is 0 Å². The summed E-state index contributed by atoms with van der Waals surface area (Å²) in [5, 5.41) is 4.98. The molecule has 1 aromatic heterocycles. The molecule has 2 aliphatic rings. The van der Waals surface area contributed by atoms with Crippen LogP contribution in [-0.4, -0.2) is 9.91 Å². The number of anilines is 2. The molecule has 2 aliphatic carbocycles. The zero-order chi connectivity index (χ0) is 11.2. The first-order chi connectivity index (χ1) is 7.74. The second kappa shape index (κ2) is 3.62. The lowest BCUT2D eigenvalue weighted by Gasteiger charge is -2.42. The van der Waals surface area contributed by atoms with E-state index in [-0.39, 0.29) is 0 Å². The van der Waals surface area contributed by atoms with E-state index in [4.69, 9.17) is 5.73 Å². The van der Waals surface area contributed by atoms with E-state index in [1.807, 2.05) is 0 Å². The summed E-state index contributed by atoms with van der Waals surface area (Å²) in [6.45, 7) is 2.27. The number of nitrogens with zero attached hydrogens (tertiary/aromatic N) is 1. The third-order valence-corrected chi connectivity index (χ3v) is 4.90. The van der Waals surface area contributed by atoms with Crippen molar-refractivity contribution in [1.82, 2.24) is 4.37 Å². The molecule has 1 aromatic rings. The minimum absolute atomic E-state index is 0.350. The molecular weight excluding hydrogens is 218 g/mol. The zero-order valence-corrected chi connectivity index (χ0v) is 10.6. The summed E-state index contributed by atoms with van der Waals surface area (Å²) in [5.74, 6) is 1.45. The van der Waals surface area contributed by atoms with Crippen molar-refractivity contribution in [2.24, 2.45) is 0 Å². The Balaban J connectivity index is 1.83. The first-order valence-electron chi connectivity index (χ1n) is 6.27. The Kier molecular flexibility index (Phi) is 2.35. The van der Waals surface area contributed by atoms with Crippen molar-refractivity contribution >= 4 is 22.4 Å². The van der Waals surface area contributed by atoms with Crippen LogP contribution in [0.1, 0.15) is 56.9 Å². The van der Waals surface area contributed by atoms with Gasteiger partial charge in [0.1, 0.15) is 10.8 Å². The van der Waals surface area contributed by atoms with E-state index in [2.05, 4.69) is 16.6 Å². The van der Waals surface area contributed by atoms with Gasteiger partial charge in [0.15, 0.2) is 0 Å². The van der Waals surface area contributed by atoms with Crippen molar-refractivity contribution in [3.63, 3.8) is 0 Å². The van der Waals surface area contributed by atoms with Crippen LogP contribution in [0.4, 0.5) is 10.8 Å². The van der Waals surface area contributed by atoms with Crippen LogP contribution in [0.3, 0.4) is 0 Å². The molecule has 0 radical (unpaired) electrons. The number of nitrogen functional groups attached to an aromatic ring is 1. The van der Waals surface area contributed by atoms with E-state index in [9.17, 15) is 0 Å². The van der Waals surface area contributed by atoms with Gasteiger partial charge in [-0.05, 0) is 56.0 Å². The van der Waals surface area contributed by atoms with Crippen LogP contribution >= 0.6 is 11.5 Å². The molecule has 0 unspecified atom stereocenters. The molecule has 0 aliphatic heterocycles. The number of nitrogens with one attached hydrogen (secondary N) is 1. The van der Waals surface area contributed by atoms with E-state index in [0.717, 1.165) is 5.82 Å². The van der Waals surface area contributed by atoms with Gasteiger partial charge in [-0.25, -0.2) is 0 Å². The number of hydrogen-bond acceptors (Lipinski definition) is 4. The molecule has 4 heteroatoms. The lowest BCUT2D eigenvalue weighted by Crippen LogP contribution is -2.44. The number of nitrogens with two attached hydrogens (primary N) is 1. The Morgan fingerprint density at radius 2 is 2.25 bits per heavy atom. The third-order valence-electron chi connectivity index (χ3n) is 4.11. The Hall–Kier alpha value is -0.770. The smallest absolute Gasteiger partial charge is 0.142 e. The van der Waals surface area contributed by atoms with Crippen molar-refractivity contribution in [2.45, 2.75) is 56.9 Å². The van der Waals surface area contributed by atoms with Gasteiger partial charge in [-0.1, -0.05) is 6.92 Å².